The van der Waals surface area contributed by atoms with E-state index in [1.165, 1.54) is 21.5 Å². The fraction of sp³-hybridized carbons (Fsp3) is 0.103. The van der Waals surface area contributed by atoms with Crippen molar-refractivity contribution in [3.05, 3.63) is 135 Å². The molecular weight excluding hydrogens is 510 g/mol. The number of halogens is 2. The maximum absolute atomic E-state index is 3.49. The summed E-state index contributed by atoms with van der Waals surface area (Å²) in [6.07, 6.45) is 12.6. The Kier molecular flexibility index (Phi) is 24.4. The van der Waals surface area contributed by atoms with Gasteiger partial charge in [-0.1, -0.05) is 43.8 Å². The van der Waals surface area contributed by atoms with Crippen LogP contribution in [-0.2, 0) is 26.2 Å². The molecule has 32 heavy (non-hydrogen) atoms. The molecule has 1 aliphatic carbocycles. The minimum atomic E-state index is 0. The van der Waals surface area contributed by atoms with E-state index in [4.69, 9.17) is 0 Å². The molecule has 0 radical (unpaired) electrons. The number of benzene rings is 3. The molecule has 0 spiro atoms. The van der Waals surface area contributed by atoms with Crippen LogP contribution in [-0.4, -0.2) is 0 Å². The fourth-order valence-corrected chi connectivity index (χ4v) is 2.59. The van der Waals surface area contributed by atoms with Gasteiger partial charge >= 0.3 is 26.2 Å². The van der Waals surface area contributed by atoms with Crippen LogP contribution in [0.5, 0.6) is 0 Å². The van der Waals surface area contributed by atoms with Crippen LogP contribution in [0.1, 0.15) is 20.3 Å². The van der Waals surface area contributed by atoms with E-state index in [1.54, 1.807) is 6.08 Å². The minimum absolute atomic E-state index is 0. The average molecular weight is 541 g/mol. The standard InChI is InChI=1S/C13H9.C6H5.C5H5.C4H7.CH4.2ClH.Zr/c1-3-7-12-10(5-1)9-11-6-2-4-8-13(11)12;1-2-4-6-5-3-1;1-2-4-5-3-1;1-3-4-2;;;;/h1-9H;1-5H;1-3H,4H2;3H,1-2,4H2;1H4;2*1H;/q4*-1;;;;+2/p-2. The van der Waals surface area contributed by atoms with Crippen LogP contribution >= 0.6 is 0 Å². The van der Waals surface area contributed by atoms with Crippen LogP contribution in [0, 0.1) is 19.1 Å². The summed E-state index contributed by atoms with van der Waals surface area (Å²) in [4.78, 5) is 0. The Morgan fingerprint density at radius 1 is 0.875 bits per heavy atom. The van der Waals surface area contributed by atoms with Gasteiger partial charge in [0.25, 0.3) is 0 Å². The van der Waals surface area contributed by atoms with Gasteiger partial charge in [-0.15, -0.1) is 58.8 Å². The molecule has 0 heterocycles. The van der Waals surface area contributed by atoms with Crippen LogP contribution < -0.4 is 24.8 Å². The first-order valence-corrected chi connectivity index (χ1v) is 9.43. The molecule has 0 bridgehead atoms. The molecule has 3 heteroatoms. The van der Waals surface area contributed by atoms with E-state index < -0.39 is 0 Å². The molecule has 5 rings (SSSR count). The Morgan fingerprint density at radius 3 is 1.66 bits per heavy atom. The molecule has 168 valence electrons. The van der Waals surface area contributed by atoms with E-state index in [0.717, 1.165) is 12.8 Å². The van der Waals surface area contributed by atoms with Crippen LogP contribution in [0.25, 0.3) is 21.5 Å². The molecule has 0 unspecified atom stereocenters. The van der Waals surface area contributed by atoms with E-state index in [1.807, 2.05) is 42.5 Å². The third kappa shape index (κ3) is 12.9. The summed E-state index contributed by atoms with van der Waals surface area (Å²) in [6.45, 7) is 6.90. The Balaban J connectivity index is -0.000000381. The Bertz CT molecular complexity index is 914. The van der Waals surface area contributed by atoms with Crippen LogP contribution in [0.3, 0.4) is 0 Å². The van der Waals surface area contributed by atoms with Crippen LogP contribution in [0.15, 0.2) is 116 Å². The number of fused-ring (bicyclic) bond motifs is 3. The third-order valence-electron chi connectivity index (χ3n) is 3.92. The number of allylic oxidation sites excluding steroid dienone is 5. The molecule has 1 aliphatic rings. The summed E-state index contributed by atoms with van der Waals surface area (Å²) in [6, 6.07) is 31.8. The molecule has 0 aliphatic heterocycles. The number of hydrogen-bond acceptors (Lipinski definition) is 0. The van der Waals surface area contributed by atoms with Gasteiger partial charge in [0.15, 0.2) is 0 Å². The fourth-order valence-electron chi connectivity index (χ4n) is 2.59. The minimum Gasteiger partial charge on any atom is -1.00 e. The normalized spacial score (nSPS) is 9.53. The second-order valence-electron chi connectivity index (χ2n) is 5.98. The summed E-state index contributed by atoms with van der Waals surface area (Å²) in [5.41, 5.74) is 0. The maximum Gasteiger partial charge on any atom is 2.00 e. The molecule has 0 nitrogen and oxygen atoms in total. The van der Waals surface area contributed by atoms with Crippen LogP contribution in [0.2, 0.25) is 0 Å². The summed E-state index contributed by atoms with van der Waals surface area (Å²) in [5, 5.41) is 5.39. The van der Waals surface area contributed by atoms with Gasteiger partial charge in [0.1, 0.15) is 0 Å². The Morgan fingerprint density at radius 2 is 1.38 bits per heavy atom. The molecule has 0 atom stereocenters. The molecule has 4 aromatic rings. The van der Waals surface area contributed by atoms with Crippen molar-refractivity contribution < 1.29 is 51.0 Å². The zero-order valence-corrected chi connectivity index (χ0v) is 21.4. The van der Waals surface area contributed by atoms with Crippen molar-refractivity contribution >= 4 is 21.5 Å². The molecule has 0 amide bonds. The molecular formula is C29H30Cl2Zr-4. The van der Waals surface area contributed by atoms with Crippen molar-refractivity contribution in [1.82, 2.24) is 0 Å². The van der Waals surface area contributed by atoms with Gasteiger partial charge < -0.3 is 31.7 Å². The van der Waals surface area contributed by atoms with E-state index in [2.05, 4.69) is 86.3 Å². The molecule has 0 saturated heterocycles. The van der Waals surface area contributed by atoms with E-state index in [9.17, 15) is 0 Å². The monoisotopic (exact) mass is 538 g/mol. The van der Waals surface area contributed by atoms with Crippen molar-refractivity contribution in [2.24, 2.45) is 0 Å². The summed E-state index contributed by atoms with van der Waals surface area (Å²) in [5.74, 6) is 0. The quantitative estimate of drug-likeness (QED) is 0.257. The summed E-state index contributed by atoms with van der Waals surface area (Å²) in [7, 11) is 0. The van der Waals surface area contributed by atoms with Crippen molar-refractivity contribution in [2.45, 2.75) is 20.3 Å². The Labute approximate surface area is 226 Å². The molecule has 0 saturated carbocycles. The second-order valence-corrected chi connectivity index (χ2v) is 5.98. The molecule has 0 aromatic heterocycles. The third-order valence-corrected chi connectivity index (χ3v) is 3.92. The molecule has 4 aromatic carbocycles. The maximum atomic E-state index is 3.49. The van der Waals surface area contributed by atoms with Gasteiger partial charge in [0.05, 0.1) is 0 Å². The SMILES string of the molecule is C.C=CC[CH2-].[C-]1=CC=CC1.[Cl-].[Cl-].[Zr+2].[c-]1ccccc1.c1ccc2c(c1)[cH-]c1ccccc12. The van der Waals surface area contributed by atoms with Gasteiger partial charge in [0, 0.05) is 0 Å². The average Bonchev–Trinajstić information content (AvgIpc) is 3.47. The first-order valence-electron chi connectivity index (χ1n) is 9.43. The van der Waals surface area contributed by atoms with Gasteiger partial charge in [-0.2, -0.15) is 48.9 Å². The number of rotatable bonds is 1. The van der Waals surface area contributed by atoms with E-state index in [0.29, 0.717) is 0 Å². The summed E-state index contributed by atoms with van der Waals surface area (Å²) >= 11 is 0. The Hall–Kier alpha value is -1.79. The summed E-state index contributed by atoms with van der Waals surface area (Å²) < 4.78 is 0. The number of hydrogen-bond donors (Lipinski definition) is 0. The van der Waals surface area contributed by atoms with Crippen LogP contribution in [0.4, 0.5) is 0 Å². The van der Waals surface area contributed by atoms with Crippen molar-refractivity contribution in [1.29, 1.82) is 0 Å². The zero-order valence-electron chi connectivity index (χ0n) is 17.5. The smallest absolute Gasteiger partial charge is 1.00 e. The predicted octanol–water partition coefficient (Wildman–Crippen LogP) is 2.54. The van der Waals surface area contributed by atoms with Gasteiger partial charge in [0.2, 0.25) is 0 Å². The van der Waals surface area contributed by atoms with Crippen molar-refractivity contribution in [3.63, 3.8) is 0 Å². The first-order chi connectivity index (χ1) is 13.9. The second kappa shape index (κ2) is 22.4. The van der Waals surface area contributed by atoms with Gasteiger partial charge in [-0.05, 0) is 0 Å². The molecule has 0 N–H and O–H groups in total. The van der Waals surface area contributed by atoms with E-state index in [-0.39, 0.29) is 58.4 Å². The van der Waals surface area contributed by atoms with Crippen molar-refractivity contribution in [2.75, 3.05) is 0 Å². The van der Waals surface area contributed by atoms with E-state index >= 15 is 0 Å². The first kappa shape index (κ1) is 34.8. The predicted molar refractivity (Wildman–Crippen MR) is 131 cm³/mol. The molecule has 0 fully saturated rings. The van der Waals surface area contributed by atoms with Gasteiger partial charge in [-0.3, -0.25) is 6.08 Å². The topological polar surface area (TPSA) is 0 Å². The zero-order chi connectivity index (χ0) is 19.9. The largest absolute Gasteiger partial charge is 2.00 e. The van der Waals surface area contributed by atoms with Crippen molar-refractivity contribution in [3.8, 4) is 0 Å². The van der Waals surface area contributed by atoms with Gasteiger partial charge in [-0.25, -0.2) is 12.2 Å².